The van der Waals surface area contributed by atoms with Gasteiger partial charge in [-0.1, -0.05) is 26.2 Å². The van der Waals surface area contributed by atoms with Gasteiger partial charge in [-0.3, -0.25) is 4.79 Å². The summed E-state index contributed by atoms with van der Waals surface area (Å²) >= 11 is 0. The zero-order valence-electron chi connectivity index (χ0n) is 7.36. The Labute approximate surface area is 69.2 Å². The fraction of sp³-hybridized carbons (Fsp3) is 0.800. The summed E-state index contributed by atoms with van der Waals surface area (Å²) in [6.45, 7) is 2.11. The minimum Gasteiger partial charge on any atom is -0.300 e. The van der Waals surface area contributed by atoms with E-state index < -0.39 is 0 Å². The van der Waals surface area contributed by atoms with E-state index in [0.717, 1.165) is 19.3 Å². The third-order valence-corrected chi connectivity index (χ3v) is 2.31. The number of hydrogen-bond acceptors (Lipinski definition) is 1. The van der Waals surface area contributed by atoms with Gasteiger partial charge in [0.25, 0.3) is 0 Å². The predicted octanol–water partition coefficient (Wildman–Crippen LogP) is 2.89. The average molecular weight is 153 g/mol. The van der Waals surface area contributed by atoms with Crippen molar-refractivity contribution in [3.8, 4) is 0 Å². The molecule has 1 aliphatic carbocycles. The van der Waals surface area contributed by atoms with E-state index >= 15 is 0 Å². The standard InChI is InChI=1S/C10H17O/c1-9-6-4-2-3-5-7-10(11)8-9/h2-8H2,1H3. The third-order valence-electron chi connectivity index (χ3n) is 2.31. The molecule has 1 heteroatoms. The fourth-order valence-electron chi connectivity index (χ4n) is 1.62. The maximum Gasteiger partial charge on any atom is 0.133 e. The Hall–Kier alpha value is -0.330. The molecule has 0 atom stereocenters. The summed E-state index contributed by atoms with van der Waals surface area (Å²) in [5.41, 5.74) is 0. The monoisotopic (exact) mass is 153 g/mol. The third kappa shape index (κ3) is 3.54. The zero-order chi connectivity index (χ0) is 8.10. The molecule has 0 aromatic heterocycles. The van der Waals surface area contributed by atoms with Crippen LogP contribution in [0.4, 0.5) is 0 Å². The lowest BCUT2D eigenvalue weighted by Gasteiger charge is -2.05. The summed E-state index contributed by atoms with van der Waals surface area (Å²) in [6.07, 6.45) is 7.71. The van der Waals surface area contributed by atoms with E-state index in [9.17, 15) is 4.79 Å². The highest BCUT2D eigenvalue weighted by molar-refractivity contribution is 5.80. The van der Waals surface area contributed by atoms with Crippen LogP contribution in [-0.4, -0.2) is 5.78 Å². The quantitative estimate of drug-likeness (QED) is 0.523. The number of hydrogen-bond donors (Lipinski definition) is 0. The molecule has 0 unspecified atom stereocenters. The van der Waals surface area contributed by atoms with Crippen LogP contribution in [0.15, 0.2) is 0 Å². The van der Waals surface area contributed by atoms with Crippen LogP contribution in [0.5, 0.6) is 0 Å². The van der Waals surface area contributed by atoms with Crippen LogP contribution in [0.3, 0.4) is 0 Å². The number of carbonyl (C=O) groups excluding carboxylic acids is 1. The maximum atomic E-state index is 11.2. The van der Waals surface area contributed by atoms with Gasteiger partial charge >= 0.3 is 0 Å². The summed E-state index contributed by atoms with van der Waals surface area (Å²) in [6, 6.07) is 0. The van der Waals surface area contributed by atoms with Crippen molar-refractivity contribution < 1.29 is 4.79 Å². The van der Waals surface area contributed by atoms with Crippen molar-refractivity contribution in [3.63, 3.8) is 0 Å². The van der Waals surface area contributed by atoms with Crippen LogP contribution in [0.2, 0.25) is 0 Å². The molecule has 1 aliphatic rings. The van der Waals surface area contributed by atoms with Crippen molar-refractivity contribution in [2.45, 2.75) is 51.9 Å². The van der Waals surface area contributed by atoms with Crippen molar-refractivity contribution >= 4 is 5.78 Å². The summed E-state index contributed by atoms with van der Waals surface area (Å²) in [7, 11) is 0. The van der Waals surface area contributed by atoms with Crippen molar-refractivity contribution in [1.29, 1.82) is 0 Å². The lowest BCUT2D eigenvalue weighted by Crippen LogP contribution is -2.02. The SMILES string of the molecule is C[C]1CCCCCCC(=O)C1. The molecule has 0 heterocycles. The van der Waals surface area contributed by atoms with Gasteiger partial charge in [-0.25, -0.2) is 0 Å². The highest BCUT2D eigenvalue weighted by Crippen LogP contribution is 2.20. The Bertz CT molecular complexity index is 129. The van der Waals surface area contributed by atoms with E-state index in [1.807, 2.05) is 0 Å². The van der Waals surface area contributed by atoms with Gasteiger partial charge in [-0.2, -0.15) is 0 Å². The van der Waals surface area contributed by atoms with Crippen molar-refractivity contribution in [1.82, 2.24) is 0 Å². The van der Waals surface area contributed by atoms with Gasteiger partial charge in [0.1, 0.15) is 5.78 Å². The molecule has 1 rings (SSSR count). The molecule has 0 aromatic rings. The average Bonchev–Trinajstić information content (AvgIpc) is 2.02. The summed E-state index contributed by atoms with van der Waals surface area (Å²) < 4.78 is 0. The van der Waals surface area contributed by atoms with E-state index in [1.165, 1.54) is 31.6 Å². The second kappa shape index (κ2) is 4.53. The lowest BCUT2D eigenvalue weighted by molar-refractivity contribution is -0.118. The number of carbonyl (C=O) groups is 1. The first-order chi connectivity index (χ1) is 5.29. The minimum atomic E-state index is 0.449. The molecule has 63 valence electrons. The Morgan fingerprint density at radius 3 is 2.36 bits per heavy atom. The summed E-state index contributed by atoms with van der Waals surface area (Å²) in [5, 5.41) is 0. The molecule has 1 saturated carbocycles. The molecule has 0 saturated heterocycles. The molecule has 0 amide bonds. The Balaban J connectivity index is 2.33. The molecular formula is C10H17O. The van der Waals surface area contributed by atoms with Crippen LogP contribution >= 0.6 is 0 Å². The van der Waals surface area contributed by atoms with Gasteiger partial charge in [0.05, 0.1) is 0 Å². The normalized spacial score (nSPS) is 23.9. The highest BCUT2D eigenvalue weighted by Gasteiger charge is 2.11. The lowest BCUT2D eigenvalue weighted by atomic mass is 9.99. The van der Waals surface area contributed by atoms with Crippen molar-refractivity contribution in [2.75, 3.05) is 0 Å². The second-order valence-corrected chi connectivity index (χ2v) is 3.59. The van der Waals surface area contributed by atoms with E-state index in [2.05, 4.69) is 6.92 Å². The Morgan fingerprint density at radius 1 is 1.00 bits per heavy atom. The fourth-order valence-corrected chi connectivity index (χ4v) is 1.62. The second-order valence-electron chi connectivity index (χ2n) is 3.59. The molecule has 11 heavy (non-hydrogen) atoms. The van der Waals surface area contributed by atoms with Crippen molar-refractivity contribution in [2.24, 2.45) is 0 Å². The van der Waals surface area contributed by atoms with Crippen LogP contribution in [-0.2, 0) is 4.79 Å². The van der Waals surface area contributed by atoms with Gasteiger partial charge in [-0.05, 0) is 18.8 Å². The molecular weight excluding hydrogens is 136 g/mol. The van der Waals surface area contributed by atoms with Crippen LogP contribution in [0.25, 0.3) is 0 Å². The predicted molar refractivity (Wildman–Crippen MR) is 46.2 cm³/mol. The van der Waals surface area contributed by atoms with Crippen molar-refractivity contribution in [3.05, 3.63) is 5.92 Å². The highest BCUT2D eigenvalue weighted by atomic mass is 16.1. The maximum absolute atomic E-state index is 11.2. The first-order valence-corrected chi connectivity index (χ1v) is 4.62. The topological polar surface area (TPSA) is 17.1 Å². The van der Waals surface area contributed by atoms with Crippen LogP contribution < -0.4 is 0 Å². The zero-order valence-corrected chi connectivity index (χ0v) is 7.36. The smallest absolute Gasteiger partial charge is 0.133 e. The molecule has 0 aliphatic heterocycles. The van der Waals surface area contributed by atoms with Gasteiger partial charge in [-0.15, -0.1) is 0 Å². The Morgan fingerprint density at radius 2 is 1.64 bits per heavy atom. The molecule has 0 spiro atoms. The molecule has 0 N–H and O–H groups in total. The minimum absolute atomic E-state index is 0.449. The van der Waals surface area contributed by atoms with E-state index in [0.29, 0.717) is 5.78 Å². The summed E-state index contributed by atoms with van der Waals surface area (Å²) in [5.74, 6) is 1.83. The first kappa shape index (κ1) is 8.76. The molecule has 0 bridgehead atoms. The molecule has 0 aromatic carbocycles. The molecule has 1 fully saturated rings. The van der Waals surface area contributed by atoms with E-state index in [1.54, 1.807) is 0 Å². The van der Waals surface area contributed by atoms with Crippen LogP contribution in [0, 0.1) is 5.92 Å². The largest absolute Gasteiger partial charge is 0.300 e. The van der Waals surface area contributed by atoms with Gasteiger partial charge < -0.3 is 0 Å². The Kier molecular flexibility index (Phi) is 3.61. The molecule has 1 radical (unpaired) electrons. The van der Waals surface area contributed by atoms with E-state index in [-0.39, 0.29) is 0 Å². The van der Waals surface area contributed by atoms with E-state index in [4.69, 9.17) is 0 Å². The number of Topliss-reactive ketones (excluding diaryl/α,β-unsaturated/α-hetero) is 1. The van der Waals surface area contributed by atoms with Crippen LogP contribution in [0.1, 0.15) is 51.9 Å². The van der Waals surface area contributed by atoms with Gasteiger partial charge in [0.15, 0.2) is 0 Å². The summed E-state index contributed by atoms with van der Waals surface area (Å²) in [4.78, 5) is 11.2. The van der Waals surface area contributed by atoms with Gasteiger partial charge in [0, 0.05) is 12.8 Å². The van der Waals surface area contributed by atoms with Gasteiger partial charge in [0.2, 0.25) is 0 Å². The number of rotatable bonds is 0. The molecule has 1 nitrogen and oxygen atoms in total. The number of ketones is 1. The first-order valence-electron chi connectivity index (χ1n) is 4.62.